The van der Waals surface area contributed by atoms with Crippen LogP contribution in [-0.4, -0.2) is 4.98 Å². The topological polar surface area (TPSA) is 12.9 Å². The molecule has 0 radical (unpaired) electrons. The molecular weight excluding hydrogens is 362 g/mol. The first kappa shape index (κ1) is 20.3. The van der Waals surface area contributed by atoms with E-state index >= 15 is 0 Å². The maximum atomic E-state index is 4.83. The average molecular weight is 394 g/mol. The summed E-state index contributed by atoms with van der Waals surface area (Å²) < 4.78 is 0. The molecule has 0 spiro atoms. The van der Waals surface area contributed by atoms with Crippen LogP contribution in [0.5, 0.6) is 0 Å². The Kier molecular flexibility index (Phi) is 5.99. The molecule has 3 aromatic carbocycles. The summed E-state index contributed by atoms with van der Waals surface area (Å²) >= 11 is 0. The molecular formula is C29H31N. The van der Waals surface area contributed by atoms with Crippen LogP contribution in [0.3, 0.4) is 0 Å². The quantitative estimate of drug-likeness (QED) is 0.319. The molecule has 152 valence electrons. The lowest BCUT2D eigenvalue weighted by atomic mass is 9.90. The Morgan fingerprint density at radius 1 is 0.700 bits per heavy atom. The summed E-state index contributed by atoms with van der Waals surface area (Å²) in [6.45, 7) is 9.07. The zero-order chi connectivity index (χ0) is 21.1. The van der Waals surface area contributed by atoms with Crippen molar-refractivity contribution in [2.45, 2.75) is 52.4 Å². The van der Waals surface area contributed by atoms with Gasteiger partial charge in [-0.25, -0.2) is 0 Å². The fourth-order valence-electron chi connectivity index (χ4n) is 4.36. The van der Waals surface area contributed by atoms with Crippen molar-refractivity contribution in [3.05, 3.63) is 90.1 Å². The second kappa shape index (κ2) is 8.83. The summed E-state index contributed by atoms with van der Waals surface area (Å²) in [6, 6.07) is 26.6. The molecule has 1 aromatic heterocycles. The second-order valence-electron chi connectivity index (χ2n) is 8.52. The lowest BCUT2D eigenvalue weighted by molar-refractivity contribution is 0.643. The van der Waals surface area contributed by atoms with E-state index in [1.54, 1.807) is 0 Å². The van der Waals surface area contributed by atoms with Crippen molar-refractivity contribution < 1.29 is 0 Å². The van der Waals surface area contributed by atoms with Crippen LogP contribution in [-0.2, 0) is 0 Å². The molecule has 4 rings (SSSR count). The van der Waals surface area contributed by atoms with Gasteiger partial charge in [0.05, 0.1) is 5.69 Å². The smallest absolute Gasteiger partial charge is 0.0780 e. The summed E-state index contributed by atoms with van der Waals surface area (Å²) in [5.41, 5.74) is 7.55. The van der Waals surface area contributed by atoms with Crippen LogP contribution in [0.15, 0.2) is 79.0 Å². The molecule has 0 N–H and O–H groups in total. The van der Waals surface area contributed by atoms with E-state index in [-0.39, 0.29) is 0 Å². The highest BCUT2D eigenvalue weighted by molar-refractivity contribution is 5.95. The zero-order valence-electron chi connectivity index (χ0n) is 18.5. The number of hydrogen-bond acceptors (Lipinski definition) is 1. The van der Waals surface area contributed by atoms with E-state index in [1.807, 2.05) is 6.20 Å². The summed E-state index contributed by atoms with van der Waals surface area (Å²) in [5, 5.41) is 2.51. The van der Waals surface area contributed by atoms with Gasteiger partial charge >= 0.3 is 0 Å². The van der Waals surface area contributed by atoms with Crippen molar-refractivity contribution >= 4 is 10.8 Å². The average Bonchev–Trinajstić information content (AvgIpc) is 2.79. The molecule has 0 aliphatic carbocycles. The summed E-state index contributed by atoms with van der Waals surface area (Å²) in [6.07, 6.45) is 4.31. The van der Waals surface area contributed by atoms with E-state index in [4.69, 9.17) is 4.98 Å². The molecule has 0 bridgehead atoms. The molecule has 0 amide bonds. The Morgan fingerprint density at radius 2 is 1.43 bits per heavy atom. The third-order valence-electron chi connectivity index (χ3n) is 6.25. The second-order valence-corrected chi connectivity index (χ2v) is 8.52. The number of benzene rings is 3. The van der Waals surface area contributed by atoms with Crippen LogP contribution in [0.1, 0.15) is 63.5 Å². The molecule has 0 fully saturated rings. The van der Waals surface area contributed by atoms with Crippen LogP contribution in [0.4, 0.5) is 0 Å². The first-order valence-corrected chi connectivity index (χ1v) is 11.2. The van der Waals surface area contributed by atoms with E-state index in [0.717, 1.165) is 5.69 Å². The van der Waals surface area contributed by atoms with Gasteiger partial charge in [-0.05, 0) is 70.5 Å². The van der Waals surface area contributed by atoms with Crippen molar-refractivity contribution in [3.8, 4) is 22.4 Å². The van der Waals surface area contributed by atoms with Gasteiger partial charge < -0.3 is 0 Å². The molecule has 4 aromatic rings. The van der Waals surface area contributed by atoms with E-state index < -0.39 is 0 Å². The Bertz CT molecular complexity index is 1140. The van der Waals surface area contributed by atoms with Crippen molar-refractivity contribution in [3.63, 3.8) is 0 Å². The number of fused-ring (bicyclic) bond motifs is 1. The molecule has 0 saturated heterocycles. The predicted octanol–water partition coefficient (Wildman–Crippen LogP) is 8.60. The minimum absolute atomic E-state index is 0.462. The van der Waals surface area contributed by atoms with Crippen molar-refractivity contribution in [2.24, 2.45) is 0 Å². The van der Waals surface area contributed by atoms with Crippen molar-refractivity contribution in [1.82, 2.24) is 4.98 Å². The van der Waals surface area contributed by atoms with Crippen LogP contribution in [0, 0.1) is 0 Å². The lowest BCUT2D eigenvalue weighted by Gasteiger charge is -2.16. The fraction of sp³-hybridized carbons (Fsp3) is 0.276. The minimum Gasteiger partial charge on any atom is -0.256 e. The summed E-state index contributed by atoms with van der Waals surface area (Å²) in [5.74, 6) is 1.09. The predicted molar refractivity (Wildman–Crippen MR) is 130 cm³/mol. The minimum atomic E-state index is 0.462. The molecule has 0 saturated carbocycles. The highest BCUT2D eigenvalue weighted by atomic mass is 14.7. The highest BCUT2D eigenvalue weighted by Gasteiger charge is 2.13. The summed E-state index contributed by atoms with van der Waals surface area (Å²) in [7, 11) is 0. The van der Waals surface area contributed by atoms with Crippen LogP contribution in [0.25, 0.3) is 33.2 Å². The van der Waals surface area contributed by atoms with Gasteiger partial charge in [0, 0.05) is 17.1 Å². The largest absolute Gasteiger partial charge is 0.256 e. The van der Waals surface area contributed by atoms with Crippen LogP contribution < -0.4 is 0 Å². The Labute approximate surface area is 180 Å². The monoisotopic (exact) mass is 393 g/mol. The van der Waals surface area contributed by atoms with Gasteiger partial charge in [-0.15, -0.1) is 0 Å². The van der Waals surface area contributed by atoms with Gasteiger partial charge in [-0.3, -0.25) is 4.98 Å². The van der Waals surface area contributed by atoms with Gasteiger partial charge in [0.25, 0.3) is 0 Å². The van der Waals surface area contributed by atoms with Gasteiger partial charge in [-0.1, -0.05) is 82.3 Å². The standard InChI is InChI=1S/C29H31N/c1-5-21(6-2)23-12-13-28-24(16-23)14-15-30-29(28)27-18-25(20(3)4)17-26(19-27)22-10-8-7-9-11-22/h7-21H,5-6H2,1-4H3. The molecule has 1 heterocycles. The van der Waals surface area contributed by atoms with Crippen LogP contribution >= 0.6 is 0 Å². The van der Waals surface area contributed by atoms with Crippen LogP contribution in [0.2, 0.25) is 0 Å². The van der Waals surface area contributed by atoms with E-state index in [9.17, 15) is 0 Å². The molecule has 1 nitrogen and oxygen atoms in total. The van der Waals surface area contributed by atoms with Gasteiger partial charge in [0.2, 0.25) is 0 Å². The first-order valence-electron chi connectivity index (χ1n) is 11.2. The van der Waals surface area contributed by atoms with E-state index in [1.165, 1.54) is 51.4 Å². The molecule has 0 atom stereocenters. The maximum Gasteiger partial charge on any atom is 0.0780 e. The van der Waals surface area contributed by atoms with E-state index in [2.05, 4.69) is 100 Å². The molecule has 0 aliphatic rings. The number of rotatable bonds is 6. The van der Waals surface area contributed by atoms with Gasteiger partial charge in [-0.2, -0.15) is 0 Å². The Morgan fingerprint density at radius 3 is 2.13 bits per heavy atom. The number of nitrogens with zero attached hydrogens (tertiary/aromatic N) is 1. The maximum absolute atomic E-state index is 4.83. The van der Waals surface area contributed by atoms with Crippen molar-refractivity contribution in [2.75, 3.05) is 0 Å². The highest BCUT2D eigenvalue weighted by Crippen LogP contribution is 2.35. The SMILES string of the molecule is CCC(CC)c1ccc2c(-c3cc(-c4ccccc4)cc(C(C)C)c3)nccc2c1. The number of aromatic nitrogens is 1. The Hall–Kier alpha value is -2.93. The number of pyridine rings is 1. The summed E-state index contributed by atoms with van der Waals surface area (Å²) in [4.78, 5) is 4.83. The molecule has 0 unspecified atom stereocenters. The Balaban J connectivity index is 1.88. The third kappa shape index (κ3) is 4.03. The number of hydrogen-bond donors (Lipinski definition) is 0. The van der Waals surface area contributed by atoms with Gasteiger partial charge in [0.1, 0.15) is 0 Å². The molecule has 1 heteroatoms. The molecule has 30 heavy (non-hydrogen) atoms. The lowest BCUT2D eigenvalue weighted by Crippen LogP contribution is -1.96. The molecule has 0 aliphatic heterocycles. The third-order valence-corrected chi connectivity index (χ3v) is 6.25. The van der Waals surface area contributed by atoms with E-state index in [0.29, 0.717) is 11.8 Å². The normalized spacial score (nSPS) is 11.5. The van der Waals surface area contributed by atoms with Crippen molar-refractivity contribution in [1.29, 1.82) is 0 Å². The fourth-order valence-corrected chi connectivity index (χ4v) is 4.36. The first-order chi connectivity index (χ1) is 14.6. The zero-order valence-corrected chi connectivity index (χ0v) is 18.5. The van der Waals surface area contributed by atoms with Gasteiger partial charge in [0.15, 0.2) is 0 Å².